The maximum Gasteiger partial charge on any atom is 0 e. The molecular weight excluding hydrogens is 1000 g/mol. The average Bonchev–Trinajstić information content (AvgIpc) is 3.83. The Morgan fingerprint density at radius 3 is 1.64 bits per heavy atom. The molecule has 24 nitrogen and oxygen atoms in total. The smallest absolute Gasteiger partial charge is 0 e. The summed E-state index contributed by atoms with van der Waals surface area (Å²) in [6.07, 6.45) is 6.34. The molecule has 0 aliphatic carbocycles. The number of nitrogens with zero attached hydrogens (tertiary/aromatic N) is 5. The van der Waals surface area contributed by atoms with Gasteiger partial charge in [-0.25, -0.2) is 37.9 Å². The number of amides is 3. The fraction of sp³-hybridized carbons (Fsp3) is 0.400. The first kappa shape index (κ1) is 57.1. The molecule has 3 amide bonds. The van der Waals surface area contributed by atoms with Gasteiger partial charge in [-0.1, -0.05) is 12.1 Å². The van der Waals surface area contributed by atoms with Crippen LogP contribution in [0.1, 0.15) is 49.3 Å². The summed E-state index contributed by atoms with van der Waals surface area (Å²) in [7, 11) is -3.84. The van der Waals surface area contributed by atoms with Gasteiger partial charge < -0.3 is 45.5 Å². The van der Waals surface area contributed by atoms with Crippen molar-refractivity contribution < 1.29 is 92.0 Å². The van der Waals surface area contributed by atoms with E-state index in [9.17, 15) is 57.6 Å². The molecule has 3 aromatic rings. The first-order chi connectivity index (χ1) is 28.5. The molecule has 0 aliphatic heterocycles. The van der Waals surface area contributed by atoms with Crippen LogP contribution in [-0.4, -0.2) is 114 Å². The third-order valence-corrected chi connectivity index (χ3v) is 8.95. The zero-order valence-corrected chi connectivity index (χ0v) is 35.7. The number of primary sulfonamides is 1. The van der Waals surface area contributed by atoms with E-state index in [0.717, 1.165) is 5.56 Å². The van der Waals surface area contributed by atoms with Crippen LogP contribution in [0, 0.1) is 20.0 Å². The monoisotopic (exact) mass is 1050 g/mol. The van der Waals surface area contributed by atoms with Crippen LogP contribution in [0.15, 0.2) is 53.9 Å². The van der Waals surface area contributed by atoms with E-state index in [-0.39, 0.29) is 83.7 Å². The van der Waals surface area contributed by atoms with Crippen LogP contribution >= 0.6 is 0 Å². The van der Waals surface area contributed by atoms with Crippen molar-refractivity contribution in [1.82, 2.24) is 40.0 Å². The summed E-state index contributed by atoms with van der Waals surface area (Å²) in [5, 5.41) is 49.9. The van der Waals surface area contributed by atoms with E-state index < -0.39 is 57.9 Å². The first-order valence-corrected chi connectivity index (χ1v) is 18.7. The molecule has 0 bridgehead atoms. The summed E-state index contributed by atoms with van der Waals surface area (Å²) in [6.45, 7) is 13.7. The standard InChI is InChI=1S/C32H43N9O12S.3CO.Re/c33-54(52,53)22-6-4-21(5-7-22)10-11-36-27(42)9-8-24(31(49)50)38-32(51)37-23(30(47)48)3-1-2-14-39(17-25-34-12-15-40(25)19-28(43)44)18-26-35-13-16-41(26)20-29(45)46;3*1-2;/h4-7,12-13,15-16,23-24H,1-3,8-11,14,17-20H2,(H,36,42)(H,43,44)(H,45,46)(H,47,48)(H,49,50)(H2,33,52,53)(H2,37,38,51);;;;/t23-,24-;;;;/m0..../s1. The Morgan fingerprint density at radius 1 is 0.754 bits per heavy atom. The molecule has 0 spiro atoms. The normalized spacial score (nSPS) is 11.1. The van der Waals surface area contributed by atoms with E-state index in [1.54, 1.807) is 12.1 Å². The number of hydrogen-bond acceptors (Lipinski definition) is 11. The van der Waals surface area contributed by atoms with Gasteiger partial charge >= 0.3 is 63.8 Å². The Morgan fingerprint density at radius 2 is 1.21 bits per heavy atom. The van der Waals surface area contributed by atoms with Crippen molar-refractivity contribution in [3.63, 3.8) is 0 Å². The number of urea groups is 1. The second-order valence-electron chi connectivity index (χ2n) is 12.2. The summed E-state index contributed by atoms with van der Waals surface area (Å²) >= 11 is 0. The van der Waals surface area contributed by atoms with Crippen LogP contribution in [0.25, 0.3) is 0 Å². The molecule has 61 heavy (non-hydrogen) atoms. The Bertz CT molecular complexity index is 1960. The first-order valence-electron chi connectivity index (χ1n) is 17.2. The molecule has 0 fully saturated rings. The van der Waals surface area contributed by atoms with Crippen molar-refractivity contribution >= 4 is 45.8 Å². The number of aliphatic carboxylic acids is 4. The fourth-order valence-electron chi connectivity index (χ4n) is 5.29. The van der Waals surface area contributed by atoms with Crippen molar-refractivity contribution in [3.05, 3.63) is 86.2 Å². The van der Waals surface area contributed by atoms with Gasteiger partial charge in [0.25, 0.3) is 0 Å². The predicted octanol–water partition coefficient (Wildman–Crippen LogP) is -0.702. The Labute approximate surface area is 362 Å². The van der Waals surface area contributed by atoms with Crippen molar-refractivity contribution in [3.8, 4) is 0 Å². The zero-order valence-electron chi connectivity index (χ0n) is 32.1. The molecule has 9 N–H and O–H groups in total. The summed E-state index contributed by atoms with van der Waals surface area (Å²) in [5.41, 5.74) is 0.719. The summed E-state index contributed by atoms with van der Waals surface area (Å²) < 4.78 is 48.2. The van der Waals surface area contributed by atoms with Gasteiger partial charge in [-0.15, -0.1) is 0 Å². The molecule has 2 atom stereocenters. The number of carboxylic acid groups (broad SMARTS) is 4. The molecule has 2 aromatic heterocycles. The number of nitrogens with one attached hydrogen (secondary N) is 3. The van der Waals surface area contributed by atoms with Crippen molar-refractivity contribution in [1.29, 1.82) is 0 Å². The SMILES string of the molecule is NS(=O)(=O)c1ccc(CCNC(=O)CC[C@H](NC(=O)N[C@@H](CCCCN(Cc2nccn2CC(=O)O)Cc2nccn2CC(=O)O)C(=O)O)C(=O)O)cc1.[C-]#[O+].[C-]#[O+].[C-]#[O+].[Re]. The fourth-order valence-corrected chi connectivity index (χ4v) is 5.80. The number of carbonyl (C=O) groups is 6. The van der Waals surface area contributed by atoms with Gasteiger partial charge in [-0.05, 0) is 56.3 Å². The number of carboxylic acids is 4. The largest absolute Gasteiger partial charge is 0 e. The average molecular weight is 1050 g/mol. The maximum atomic E-state index is 12.6. The molecule has 3 rings (SSSR count). The molecule has 0 saturated heterocycles. The Hall–Kier alpha value is -5.99. The minimum absolute atomic E-state index is 0. The zero-order chi connectivity index (χ0) is 45.8. The minimum Gasteiger partial charge on any atom is 0 e. The van der Waals surface area contributed by atoms with E-state index in [1.165, 1.54) is 46.1 Å². The van der Waals surface area contributed by atoms with Crippen molar-refractivity contribution in [2.45, 2.75) is 81.7 Å². The number of unbranched alkanes of at least 4 members (excludes halogenated alkanes) is 1. The quantitative estimate of drug-likeness (QED) is 0.0312. The van der Waals surface area contributed by atoms with Crippen LogP contribution < -0.4 is 21.1 Å². The number of hydrogen-bond donors (Lipinski definition) is 8. The second-order valence-corrected chi connectivity index (χ2v) is 13.7. The number of benzene rings is 1. The number of carbonyl (C=O) groups excluding carboxylic acids is 2. The Balaban J connectivity index is 0. The van der Waals surface area contributed by atoms with Crippen molar-refractivity contribution in [2.24, 2.45) is 5.14 Å². The van der Waals surface area contributed by atoms with Crippen LogP contribution in [0.2, 0.25) is 0 Å². The number of rotatable bonds is 24. The predicted molar refractivity (Wildman–Crippen MR) is 198 cm³/mol. The molecule has 1 radical (unpaired) electrons. The van der Waals surface area contributed by atoms with Gasteiger partial charge in [0.2, 0.25) is 15.9 Å². The number of nitrogens with two attached hydrogens (primary N) is 1. The topological polar surface area (TPSA) is 378 Å². The van der Waals surface area contributed by atoms with Crippen LogP contribution in [-0.2, 0) is 101 Å². The number of aromatic nitrogens is 4. The van der Waals surface area contributed by atoms with Crippen LogP contribution in [0.3, 0.4) is 0 Å². The molecule has 0 unspecified atom stereocenters. The van der Waals surface area contributed by atoms with Gasteiger partial charge in [0.1, 0.15) is 36.8 Å². The summed E-state index contributed by atoms with van der Waals surface area (Å²) in [4.78, 5) is 81.6. The van der Waals surface area contributed by atoms with Gasteiger partial charge in [0, 0.05) is 58.2 Å². The van der Waals surface area contributed by atoms with E-state index in [1.807, 2.05) is 4.90 Å². The van der Waals surface area contributed by atoms with Gasteiger partial charge in [-0.3, -0.25) is 19.3 Å². The number of sulfonamides is 1. The van der Waals surface area contributed by atoms with Crippen molar-refractivity contribution in [2.75, 3.05) is 13.1 Å². The molecule has 1 aromatic carbocycles. The van der Waals surface area contributed by atoms with E-state index in [4.69, 9.17) is 19.1 Å². The molecule has 331 valence electrons. The molecule has 0 saturated carbocycles. The van der Waals surface area contributed by atoms with Gasteiger partial charge in [-0.2, -0.15) is 0 Å². The third-order valence-electron chi connectivity index (χ3n) is 8.02. The van der Waals surface area contributed by atoms with Gasteiger partial charge in [0.05, 0.1) is 18.0 Å². The number of imidazole rings is 2. The second kappa shape index (κ2) is 31.0. The van der Waals surface area contributed by atoms with Crippen LogP contribution in [0.4, 0.5) is 4.79 Å². The summed E-state index contributed by atoms with van der Waals surface area (Å²) in [5.74, 6) is -4.59. The van der Waals surface area contributed by atoms with E-state index in [2.05, 4.69) is 45.9 Å². The van der Waals surface area contributed by atoms with E-state index >= 15 is 0 Å². The minimum atomic E-state index is -3.84. The molecule has 0 aliphatic rings. The molecular formula is C35H43N9O15ReS. The third kappa shape index (κ3) is 22.8. The van der Waals surface area contributed by atoms with Gasteiger partial charge in [0.15, 0.2) is 0 Å². The van der Waals surface area contributed by atoms with E-state index in [0.29, 0.717) is 31.0 Å². The maximum absolute atomic E-state index is 12.6. The van der Waals surface area contributed by atoms with Crippen LogP contribution in [0.5, 0.6) is 0 Å². The summed E-state index contributed by atoms with van der Waals surface area (Å²) in [6, 6.07) is 1.80. The Kier molecular flexibility index (Phi) is 29.0. The molecule has 2 heterocycles. The molecule has 26 heteroatoms.